The predicted octanol–water partition coefficient (Wildman–Crippen LogP) is 2.10. The normalized spacial score (nSPS) is 38.8. The van der Waals surface area contributed by atoms with E-state index < -0.39 is 0 Å². The van der Waals surface area contributed by atoms with E-state index in [4.69, 9.17) is 10.5 Å². The SMILES string of the molecule is COC1(C)CC(NC(=O)[C@@H]2CCC[C@@H]2CN)C1(C)C.Cl. The van der Waals surface area contributed by atoms with Crippen LogP contribution in [0.25, 0.3) is 0 Å². The molecule has 0 spiro atoms. The van der Waals surface area contributed by atoms with Crippen molar-refractivity contribution in [3.8, 4) is 0 Å². The third-order valence-corrected chi connectivity index (χ3v) is 5.89. The Balaban J connectivity index is 0.00000200. The van der Waals surface area contributed by atoms with Crippen LogP contribution in [-0.4, -0.2) is 31.2 Å². The van der Waals surface area contributed by atoms with Crippen LogP contribution < -0.4 is 11.1 Å². The van der Waals surface area contributed by atoms with Crippen molar-refractivity contribution in [2.24, 2.45) is 23.0 Å². The highest BCUT2D eigenvalue weighted by molar-refractivity contribution is 5.85. The largest absolute Gasteiger partial charge is 0.378 e. The van der Waals surface area contributed by atoms with Gasteiger partial charge in [0.1, 0.15) is 0 Å². The highest BCUT2D eigenvalue weighted by Gasteiger charge is 2.58. The Labute approximate surface area is 128 Å². The molecule has 0 aliphatic heterocycles. The van der Waals surface area contributed by atoms with Gasteiger partial charge in [0.2, 0.25) is 5.91 Å². The summed E-state index contributed by atoms with van der Waals surface area (Å²) in [6.45, 7) is 7.08. The molecule has 2 fully saturated rings. The molecule has 0 bridgehead atoms. The van der Waals surface area contributed by atoms with Crippen molar-refractivity contribution in [1.82, 2.24) is 5.32 Å². The van der Waals surface area contributed by atoms with Gasteiger partial charge in [-0.15, -0.1) is 12.4 Å². The molecule has 2 aliphatic carbocycles. The van der Waals surface area contributed by atoms with Crippen molar-refractivity contribution in [2.45, 2.75) is 58.1 Å². The quantitative estimate of drug-likeness (QED) is 0.836. The van der Waals surface area contributed by atoms with E-state index in [1.54, 1.807) is 7.11 Å². The molecule has 3 N–H and O–H groups in total. The second kappa shape index (κ2) is 6.20. The lowest BCUT2D eigenvalue weighted by Gasteiger charge is -2.59. The number of hydrogen-bond donors (Lipinski definition) is 2. The first-order valence-corrected chi connectivity index (χ1v) is 7.41. The molecule has 2 rings (SSSR count). The molecule has 2 unspecified atom stereocenters. The minimum atomic E-state index is -0.131. The lowest BCUT2D eigenvalue weighted by atomic mass is 9.55. The summed E-state index contributed by atoms with van der Waals surface area (Å²) in [7, 11) is 1.75. The summed E-state index contributed by atoms with van der Waals surface area (Å²) in [5, 5.41) is 3.23. The minimum Gasteiger partial charge on any atom is -0.378 e. The Hall–Kier alpha value is -0.320. The third kappa shape index (κ3) is 2.70. The van der Waals surface area contributed by atoms with Crippen molar-refractivity contribution in [3.63, 3.8) is 0 Å². The van der Waals surface area contributed by atoms with Gasteiger partial charge < -0.3 is 15.8 Å². The van der Waals surface area contributed by atoms with Crippen LogP contribution in [0.5, 0.6) is 0 Å². The second-order valence-electron chi connectivity index (χ2n) is 6.96. The number of halogens is 1. The van der Waals surface area contributed by atoms with Gasteiger partial charge in [0.25, 0.3) is 0 Å². The molecule has 0 heterocycles. The fraction of sp³-hybridized carbons (Fsp3) is 0.933. The molecule has 5 heteroatoms. The Morgan fingerprint density at radius 2 is 2.00 bits per heavy atom. The van der Waals surface area contributed by atoms with Crippen LogP contribution in [0, 0.1) is 17.3 Å². The summed E-state index contributed by atoms with van der Waals surface area (Å²) in [5.41, 5.74) is 5.61. The lowest BCUT2D eigenvalue weighted by molar-refractivity contribution is -0.183. The zero-order valence-corrected chi connectivity index (χ0v) is 13.9. The molecule has 20 heavy (non-hydrogen) atoms. The van der Waals surface area contributed by atoms with Crippen molar-refractivity contribution in [1.29, 1.82) is 0 Å². The summed E-state index contributed by atoms with van der Waals surface area (Å²) in [4.78, 5) is 12.4. The van der Waals surface area contributed by atoms with E-state index in [9.17, 15) is 4.79 Å². The average Bonchev–Trinajstić information content (AvgIpc) is 2.86. The molecular weight excluding hydrogens is 276 g/mol. The van der Waals surface area contributed by atoms with E-state index in [2.05, 4.69) is 26.1 Å². The zero-order valence-electron chi connectivity index (χ0n) is 13.1. The van der Waals surface area contributed by atoms with Gasteiger partial charge in [-0.25, -0.2) is 0 Å². The second-order valence-corrected chi connectivity index (χ2v) is 6.96. The third-order valence-electron chi connectivity index (χ3n) is 5.89. The molecule has 0 radical (unpaired) electrons. The number of hydrogen-bond acceptors (Lipinski definition) is 3. The Bertz CT molecular complexity index is 362. The summed E-state index contributed by atoms with van der Waals surface area (Å²) in [6.07, 6.45) is 4.10. The summed E-state index contributed by atoms with van der Waals surface area (Å²) < 4.78 is 5.60. The van der Waals surface area contributed by atoms with Crippen LogP contribution in [0.3, 0.4) is 0 Å². The standard InChI is InChI=1S/C15H28N2O2.ClH/c1-14(2)12(8-15(14,3)19-4)17-13(18)11-7-5-6-10(11)9-16;/h10-12H,5-9,16H2,1-4H3,(H,17,18);1H/t10-,11-,12?,15?;/m1./s1. The van der Waals surface area contributed by atoms with E-state index in [1.165, 1.54) is 0 Å². The number of carbonyl (C=O) groups is 1. The maximum atomic E-state index is 12.4. The van der Waals surface area contributed by atoms with Crippen LogP contribution in [0.15, 0.2) is 0 Å². The molecule has 0 aromatic heterocycles. The zero-order chi connectivity index (χ0) is 14.3. The maximum Gasteiger partial charge on any atom is 0.223 e. The van der Waals surface area contributed by atoms with E-state index in [0.29, 0.717) is 12.5 Å². The van der Waals surface area contributed by atoms with E-state index in [1.807, 2.05) is 0 Å². The molecule has 118 valence electrons. The molecular formula is C15H29ClN2O2. The first-order chi connectivity index (χ1) is 8.85. The fourth-order valence-corrected chi connectivity index (χ4v) is 3.67. The van der Waals surface area contributed by atoms with Gasteiger partial charge >= 0.3 is 0 Å². The fourth-order valence-electron chi connectivity index (χ4n) is 3.67. The number of nitrogens with two attached hydrogens (primary N) is 1. The summed E-state index contributed by atoms with van der Waals surface area (Å²) >= 11 is 0. The van der Waals surface area contributed by atoms with Gasteiger partial charge in [0.15, 0.2) is 0 Å². The summed E-state index contributed by atoms with van der Waals surface area (Å²) in [6, 6.07) is 0.212. The van der Waals surface area contributed by atoms with Crippen molar-refractivity contribution < 1.29 is 9.53 Å². The highest BCUT2D eigenvalue weighted by Crippen LogP contribution is 2.51. The Kier molecular flexibility index (Phi) is 5.50. The van der Waals surface area contributed by atoms with E-state index in [-0.39, 0.29) is 41.3 Å². The van der Waals surface area contributed by atoms with Crippen molar-refractivity contribution in [3.05, 3.63) is 0 Å². The van der Waals surface area contributed by atoms with E-state index in [0.717, 1.165) is 25.7 Å². The van der Waals surface area contributed by atoms with Gasteiger partial charge in [-0.05, 0) is 38.6 Å². The summed E-state index contributed by atoms with van der Waals surface area (Å²) in [5.74, 6) is 0.691. The molecule has 4 nitrogen and oxygen atoms in total. The number of methoxy groups -OCH3 is 1. The molecule has 1 amide bonds. The van der Waals surface area contributed by atoms with Crippen LogP contribution in [0.1, 0.15) is 46.5 Å². The predicted molar refractivity (Wildman–Crippen MR) is 82.9 cm³/mol. The van der Waals surface area contributed by atoms with Gasteiger partial charge in [-0.2, -0.15) is 0 Å². The minimum absolute atomic E-state index is 0. The smallest absolute Gasteiger partial charge is 0.223 e. The Morgan fingerprint density at radius 3 is 2.50 bits per heavy atom. The van der Waals surface area contributed by atoms with E-state index >= 15 is 0 Å². The van der Waals surface area contributed by atoms with Gasteiger partial charge in [0.05, 0.1) is 5.60 Å². The van der Waals surface area contributed by atoms with Crippen LogP contribution >= 0.6 is 12.4 Å². The molecule has 4 atom stereocenters. The topological polar surface area (TPSA) is 64.3 Å². The van der Waals surface area contributed by atoms with Crippen molar-refractivity contribution >= 4 is 18.3 Å². The van der Waals surface area contributed by atoms with Crippen LogP contribution in [0.4, 0.5) is 0 Å². The van der Waals surface area contributed by atoms with Crippen LogP contribution in [-0.2, 0) is 9.53 Å². The number of ether oxygens (including phenoxy) is 1. The molecule has 0 aromatic carbocycles. The number of amides is 1. The molecule has 2 aliphatic rings. The maximum absolute atomic E-state index is 12.4. The molecule has 0 saturated heterocycles. The van der Waals surface area contributed by atoms with Gasteiger partial charge in [-0.1, -0.05) is 20.3 Å². The average molecular weight is 305 g/mol. The highest BCUT2D eigenvalue weighted by atomic mass is 35.5. The number of rotatable bonds is 4. The molecule has 0 aromatic rings. The number of carbonyl (C=O) groups excluding carboxylic acids is 1. The van der Waals surface area contributed by atoms with Crippen LogP contribution in [0.2, 0.25) is 0 Å². The number of nitrogens with one attached hydrogen (secondary N) is 1. The van der Waals surface area contributed by atoms with Gasteiger partial charge in [-0.3, -0.25) is 4.79 Å². The monoisotopic (exact) mass is 304 g/mol. The lowest BCUT2D eigenvalue weighted by Crippen LogP contribution is -2.69. The molecule has 2 saturated carbocycles. The van der Waals surface area contributed by atoms with Crippen molar-refractivity contribution in [2.75, 3.05) is 13.7 Å². The van der Waals surface area contributed by atoms with Gasteiger partial charge in [0, 0.05) is 24.5 Å². The first kappa shape index (κ1) is 17.7. The Morgan fingerprint density at radius 1 is 1.35 bits per heavy atom. The first-order valence-electron chi connectivity index (χ1n) is 7.41.